The van der Waals surface area contributed by atoms with Gasteiger partial charge < -0.3 is 0 Å². The highest BCUT2D eigenvalue weighted by Gasteiger charge is 2.01. The number of rotatable bonds is 3. The monoisotopic (exact) mass is 223 g/mol. The van der Waals surface area contributed by atoms with Crippen LogP contribution in [0.4, 0.5) is 0 Å². The molecule has 0 spiro atoms. The van der Waals surface area contributed by atoms with Crippen molar-refractivity contribution in [3.8, 4) is 0 Å². The first kappa shape index (κ1) is 17.5. The lowest BCUT2D eigenvalue weighted by molar-refractivity contribution is 0.552. The topological polar surface area (TPSA) is 12.9 Å². The van der Waals surface area contributed by atoms with Gasteiger partial charge in [-0.1, -0.05) is 54.0 Å². The number of pyridine rings is 1. The van der Waals surface area contributed by atoms with Crippen LogP contribution in [0.5, 0.6) is 0 Å². The first-order valence-electron chi connectivity index (χ1n) is 6.65. The van der Waals surface area contributed by atoms with Crippen LogP contribution < -0.4 is 0 Å². The molecule has 1 heterocycles. The third kappa shape index (κ3) is 8.46. The van der Waals surface area contributed by atoms with Crippen LogP contribution in [0.1, 0.15) is 59.4 Å². The van der Waals surface area contributed by atoms with E-state index >= 15 is 0 Å². The summed E-state index contributed by atoms with van der Waals surface area (Å²) in [7, 11) is 0. The Kier molecular flexibility index (Phi) is 13.4. The van der Waals surface area contributed by atoms with E-state index in [1.165, 1.54) is 12.1 Å². The van der Waals surface area contributed by atoms with E-state index < -0.39 is 0 Å². The molecule has 0 aliphatic carbocycles. The molecule has 0 bridgehead atoms. The molecule has 0 radical (unpaired) electrons. The van der Waals surface area contributed by atoms with Crippen molar-refractivity contribution in [3.05, 3.63) is 29.6 Å². The van der Waals surface area contributed by atoms with Crippen molar-refractivity contribution in [1.29, 1.82) is 0 Å². The van der Waals surface area contributed by atoms with Crippen LogP contribution in [0.3, 0.4) is 0 Å². The lowest BCUT2D eigenvalue weighted by atomic mass is 10.0. The Bertz CT molecular complexity index is 243. The molecule has 1 nitrogen and oxygen atoms in total. The van der Waals surface area contributed by atoms with E-state index in [1.807, 2.05) is 40.7 Å². The van der Waals surface area contributed by atoms with E-state index in [2.05, 4.69) is 31.0 Å². The second kappa shape index (κ2) is 12.2. The second-order valence-corrected chi connectivity index (χ2v) is 3.49. The van der Waals surface area contributed by atoms with Gasteiger partial charge in [0, 0.05) is 11.4 Å². The largest absolute Gasteiger partial charge is 0.258 e. The summed E-state index contributed by atoms with van der Waals surface area (Å²) in [6, 6.07) is 6.24. The van der Waals surface area contributed by atoms with Gasteiger partial charge in [-0.2, -0.15) is 0 Å². The predicted octanol–water partition coefficient (Wildman–Crippen LogP) is 5.03. The van der Waals surface area contributed by atoms with Crippen molar-refractivity contribution in [3.63, 3.8) is 0 Å². The molecule has 0 aromatic carbocycles. The van der Waals surface area contributed by atoms with Gasteiger partial charge in [-0.3, -0.25) is 4.98 Å². The second-order valence-electron chi connectivity index (χ2n) is 3.49. The Hall–Kier alpha value is -0.850. The molecule has 0 saturated carbocycles. The average Bonchev–Trinajstić information content (AvgIpc) is 2.34. The Labute approximate surface area is 102 Å². The van der Waals surface area contributed by atoms with Crippen LogP contribution in [-0.4, -0.2) is 4.98 Å². The maximum atomic E-state index is 4.46. The summed E-state index contributed by atoms with van der Waals surface area (Å²) in [5.74, 6) is 0.749. The third-order valence-electron chi connectivity index (χ3n) is 2.20. The van der Waals surface area contributed by atoms with Crippen LogP contribution in [0.2, 0.25) is 0 Å². The molecule has 1 heteroatoms. The summed E-state index contributed by atoms with van der Waals surface area (Å²) < 4.78 is 0. The highest BCUT2D eigenvalue weighted by atomic mass is 14.7. The Morgan fingerprint density at radius 3 is 2.12 bits per heavy atom. The van der Waals surface area contributed by atoms with Gasteiger partial charge in [0.05, 0.1) is 0 Å². The lowest BCUT2D eigenvalue weighted by Crippen LogP contribution is -2.00. The van der Waals surface area contributed by atoms with Crippen LogP contribution in [0.25, 0.3) is 0 Å². The van der Waals surface area contributed by atoms with E-state index in [4.69, 9.17) is 0 Å². The van der Waals surface area contributed by atoms with Crippen molar-refractivity contribution in [2.45, 2.75) is 61.3 Å². The molecule has 1 atom stereocenters. The molecule has 0 N–H and O–H groups in total. The standard InChI is InChI=1S/C11H17N.2C2H6/c1-4-9(2)8-11-7-5-6-10(3)12-11;2*1-2/h5-7,9H,4,8H2,1-3H3;2*1-2H3. The van der Waals surface area contributed by atoms with Crippen LogP contribution in [0, 0.1) is 12.8 Å². The smallest absolute Gasteiger partial charge is 0.0409 e. The summed E-state index contributed by atoms with van der Waals surface area (Å²) in [5.41, 5.74) is 2.35. The van der Waals surface area contributed by atoms with E-state index in [-0.39, 0.29) is 0 Å². The number of hydrogen-bond acceptors (Lipinski definition) is 1. The fourth-order valence-electron chi connectivity index (χ4n) is 1.21. The highest BCUT2D eigenvalue weighted by Crippen LogP contribution is 2.09. The van der Waals surface area contributed by atoms with Gasteiger partial charge in [-0.25, -0.2) is 0 Å². The van der Waals surface area contributed by atoms with Crippen LogP contribution >= 0.6 is 0 Å². The summed E-state index contributed by atoms with van der Waals surface area (Å²) in [5, 5.41) is 0. The van der Waals surface area contributed by atoms with Crippen LogP contribution in [-0.2, 0) is 6.42 Å². The number of aryl methyl sites for hydroxylation is 1. The maximum absolute atomic E-state index is 4.46. The minimum atomic E-state index is 0.749. The summed E-state index contributed by atoms with van der Waals surface area (Å²) >= 11 is 0. The van der Waals surface area contributed by atoms with Gasteiger partial charge in [0.1, 0.15) is 0 Å². The molecule has 1 aromatic rings. The van der Waals surface area contributed by atoms with Crippen molar-refractivity contribution in [2.24, 2.45) is 5.92 Å². The van der Waals surface area contributed by atoms with Gasteiger partial charge in [-0.15, -0.1) is 0 Å². The lowest BCUT2D eigenvalue weighted by Gasteiger charge is -2.07. The molecule has 0 fully saturated rings. The molecule has 1 aromatic heterocycles. The van der Waals surface area contributed by atoms with E-state index in [0.29, 0.717) is 0 Å². The highest BCUT2D eigenvalue weighted by molar-refractivity contribution is 5.10. The molecule has 0 aliphatic rings. The fraction of sp³-hybridized carbons (Fsp3) is 0.667. The summed E-state index contributed by atoms with van der Waals surface area (Å²) in [4.78, 5) is 4.46. The predicted molar refractivity (Wildman–Crippen MR) is 74.8 cm³/mol. The molecular weight excluding hydrogens is 194 g/mol. The summed E-state index contributed by atoms with van der Waals surface area (Å²) in [6.45, 7) is 14.5. The zero-order valence-corrected chi connectivity index (χ0v) is 12.2. The van der Waals surface area contributed by atoms with Gasteiger partial charge in [0.2, 0.25) is 0 Å². The van der Waals surface area contributed by atoms with Gasteiger partial charge >= 0.3 is 0 Å². The fourth-order valence-corrected chi connectivity index (χ4v) is 1.21. The Morgan fingerprint density at radius 2 is 1.69 bits per heavy atom. The first-order chi connectivity index (χ1) is 7.72. The minimum Gasteiger partial charge on any atom is -0.258 e. The first-order valence-corrected chi connectivity index (χ1v) is 6.65. The van der Waals surface area contributed by atoms with Gasteiger partial charge in [0.15, 0.2) is 0 Å². The quantitative estimate of drug-likeness (QED) is 0.700. The molecule has 16 heavy (non-hydrogen) atoms. The van der Waals surface area contributed by atoms with E-state index in [9.17, 15) is 0 Å². The molecule has 1 rings (SSSR count). The van der Waals surface area contributed by atoms with Gasteiger partial charge in [-0.05, 0) is 31.4 Å². The number of aromatic nitrogens is 1. The van der Waals surface area contributed by atoms with Gasteiger partial charge in [0.25, 0.3) is 0 Å². The minimum absolute atomic E-state index is 0.749. The molecule has 0 amide bonds. The van der Waals surface area contributed by atoms with E-state index in [0.717, 1.165) is 18.0 Å². The van der Waals surface area contributed by atoms with Crippen molar-refractivity contribution < 1.29 is 0 Å². The van der Waals surface area contributed by atoms with Crippen molar-refractivity contribution in [2.75, 3.05) is 0 Å². The van der Waals surface area contributed by atoms with Crippen LogP contribution in [0.15, 0.2) is 18.2 Å². The zero-order chi connectivity index (χ0) is 13.0. The molecule has 0 aliphatic heterocycles. The molecule has 94 valence electrons. The van der Waals surface area contributed by atoms with Crippen molar-refractivity contribution in [1.82, 2.24) is 4.98 Å². The number of hydrogen-bond donors (Lipinski definition) is 0. The normalized spacial score (nSPS) is 10.4. The average molecular weight is 223 g/mol. The Morgan fingerprint density at radius 1 is 1.12 bits per heavy atom. The molecular formula is C15H29N. The summed E-state index contributed by atoms with van der Waals surface area (Å²) in [6.07, 6.45) is 2.34. The molecule has 1 unspecified atom stereocenters. The third-order valence-corrected chi connectivity index (χ3v) is 2.20. The SMILES string of the molecule is CC.CC.CCC(C)Cc1cccc(C)n1. The Balaban J connectivity index is 0. The maximum Gasteiger partial charge on any atom is 0.0409 e. The number of nitrogens with zero attached hydrogens (tertiary/aromatic N) is 1. The molecule has 0 saturated heterocycles. The van der Waals surface area contributed by atoms with Crippen molar-refractivity contribution >= 4 is 0 Å². The van der Waals surface area contributed by atoms with E-state index in [1.54, 1.807) is 0 Å². The zero-order valence-electron chi connectivity index (χ0n) is 12.2.